The molecule has 130 valence electrons. The Morgan fingerprint density at radius 1 is 1.12 bits per heavy atom. The summed E-state index contributed by atoms with van der Waals surface area (Å²) < 4.78 is 21.5. The van der Waals surface area contributed by atoms with Crippen molar-refractivity contribution in [2.24, 2.45) is 0 Å². The van der Waals surface area contributed by atoms with E-state index in [0.29, 0.717) is 23.0 Å². The van der Waals surface area contributed by atoms with Crippen LogP contribution in [0.2, 0.25) is 0 Å². The Balaban J connectivity index is 1.72. The van der Waals surface area contributed by atoms with Crippen LogP contribution in [0.1, 0.15) is 40.8 Å². The van der Waals surface area contributed by atoms with Crippen LogP contribution in [-0.4, -0.2) is 23.3 Å². The van der Waals surface area contributed by atoms with E-state index in [1.165, 1.54) is 0 Å². The lowest BCUT2D eigenvalue weighted by atomic mass is 10.2. The van der Waals surface area contributed by atoms with Gasteiger partial charge in [-0.3, -0.25) is 0 Å². The molecule has 25 heavy (non-hydrogen) atoms. The maximum absolute atomic E-state index is 12.2. The molecule has 2 heterocycles. The van der Waals surface area contributed by atoms with Gasteiger partial charge in [0.05, 0.1) is 7.11 Å². The Labute approximate surface area is 144 Å². The minimum absolute atomic E-state index is 0.219. The van der Waals surface area contributed by atoms with E-state index >= 15 is 0 Å². The summed E-state index contributed by atoms with van der Waals surface area (Å²) in [6.07, 6.45) is -0.679. The Morgan fingerprint density at radius 2 is 1.84 bits per heavy atom. The van der Waals surface area contributed by atoms with Crippen LogP contribution >= 0.6 is 0 Å². The first-order valence-electron chi connectivity index (χ1n) is 7.73. The molecule has 2 aromatic heterocycles. The van der Waals surface area contributed by atoms with Crippen molar-refractivity contribution in [3.05, 3.63) is 53.3 Å². The van der Waals surface area contributed by atoms with Crippen LogP contribution in [-0.2, 0) is 4.74 Å². The molecule has 0 saturated heterocycles. The number of rotatable bonds is 5. The van der Waals surface area contributed by atoms with Gasteiger partial charge in [0.1, 0.15) is 22.8 Å². The number of carbonyl (C=O) groups is 1. The molecule has 0 aliphatic heterocycles. The fraction of sp³-hybridized carbons (Fsp3) is 0.278. The summed E-state index contributed by atoms with van der Waals surface area (Å²) in [6, 6.07) is 8.86. The fourth-order valence-corrected chi connectivity index (χ4v) is 2.36. The van der Waals surface area contributed by atoms with Crippen molar-refractivity contribution in [1.29, 1.82) is 0 Å². The van der Waals surface area contributed by atoms with Gasteiger partial charge in [0.15, 0.2) is 6.10 Å². The number of aromatic nitrogens is 2. The highest BCUT2D eigenvalue weighted by Crippen LogP contribution is 2.25. The van der Waals surface area contributed by atoms with Crippen molar-refractivity contribution >= 4 is 5.97 Å². The van der Waals surface area contributed by atoms with Crippen molar-refractivity contribution in [2.75, 3.05) is 7.11 Å². The summed E-state index contributed by atoms with van der Waals surface area (Å²) in [5.41, 5.74) is 1.14. The molecule has 7 heteroatoms. The number of ether oxygens (including phenoxy) is 2. The van der Waals surface area contributed by atoms with Crippen molar-refractivity contribution in [3.8, 4) is 17.2 Å². The zero-order valence-corrected chi connectivity index (χ0v) is 14.4. The van der Waals surface area contributed by atoms with Gasteiger partial charge in [-0.1, -0.05) is 0 Å². The predicted octanol–water partition coefficient (Wildman–Crippen LogP) is 3.87. The second-order valence-electron chi connectivity index (χ2n) is 5.55. The zero-order chi connectivity index (χ0) is 18.0. The smallest absolute Gasteiger partial charge is 0.342 e. The molecule has 0 amide bonds. The lowest BCUT2D eigenvalue weighted by Gasteiger charge is -2.08. The van der Waals surface area contributed by atoms with Crippen LogP contribution in [0.4, 0.5) is 0 Å². The van der Waals surface area contributed by atoms with Crippen LogP contribution in [0.3, 0.4) is 0 Å². The highest BCUT2D eigenvalue weighted by Gasteiger charge is 2.22. The van der Waals surface area contributed by atoms with Crippen LogP contribution in [0, 0.1) is 13.8 Å². The van der Waals surface area contributed by atoms with Gasteiger partial charge in [-0.2, -0.15) is 0 Å². The summed E-state index contributed by atoms with van der Waals surface area (Å²) in [4.78, 5) is 12.2. The first-order valence-corrected chi connectivity index (χ1v) is 7.73. The third-order valence-corrected chi connectivity index (χ3v) is 3.67. The van der Waals surface area contributed by atoms with Gasteiger partial charge in [-0.05, 0) is 51.1 Å². The van der Waals surface area contributed by atoms with Crippen molar-refractivity contribution in [3.63, 3.8) is 0 Å². The largest absolute Gasteiger partial charge is 0.497 e. The van der Waals surface area contributed by atoms with E-state index in [0.717, 1.165) is 11.3 Å². The monoisotopic (exact) mass is 342 g/mol. The number of hydrogen-bond acceptors (Lipinski definition) is 7. The van der Waals surface area contributed by atoms with E-state index in [9.17, 15) is 4.79 Å². The molecule has 0 bridgehead atoms. The van der Waals surface area contributed by atoms with E-state index < -0.39 is 12.1 Å². The minimum atomic E-state index is -0.679. The maximum Gasteiger partial charge on any atom is 0.342 e. The molecule has 3 aromatic rings. The molecule has 0 aliphatic carbocycles. The van der Waals surface area contributed by atoms with E-state index in [1.807, 2.05) is 12.1 Å². The number of furan rings is 1. The summed E-state index contributed by atoms with van der Waals surface area (Å²) in [5, 5.41) is 7.96. The van der Waals surface area contributed by atoms with Crippen LogP contribution in [0.5, 0.6) is 5.75 Å². The summed E-state index contributed by atoms with van der Waals surface area (Å²) in [5.74, 6) is 1.96. The lowest BCUT2D eigenvalue weighted by molar-refractivity contribution is 0.0278. The number of aryl methyl sites for hydroxylation is 2. The van der Waals surface area contributed by atoms with Crippen molar-refractivity contribution < 1.29 is 23.1 Å². The first-order chi connectivity index (χ1) is 12.0. The number of hydrogen-bond donors (Lipinski definition) is 0. The van der Waals surface area contributed by atoms with Crippen LogP contribution < -0.4 is 4.74 Å². The molecular weight excluding hydrogens is 324 g/mol. The van der Waals surface area contributed by atoms with Gasteiger partial charge >= 0.3 is 5.97 Å². The molecular formula is C18H18N2O5. The molecule has 0 radical (unpaired) electrons. The van der Waals surface area contributed by atoms with E-state index in [4.69, 9.17) is 18.3 Å². The second-order valence-corrected chi connectivity index (χ2v) is 5.55. The van der Waals surface area contributed by atoms with E-state index in [2.05, 4.69) is 10.2 Å². The van der Waals surface area contributed by atoms with Gasteiger partial charge in [-0.25, -0.2) is 4.79 Å². The topological polar surface area (TPSA) is 87.6 Å². The third kappa shape index (κ3) is 3.55. The quantitative estimate of drug-likeness (QED) is 0.650. The highest BCUT2D eigenvalue weighted by molar-refractivity contribution is 5.90. The molecule has 3 rings (SSSR count). The fourth-order valence-electron chi connectivity index (χ4n) is 2.36. The molecule has 0 spiro atoms. The molecule has 7 nitrogen and oxygen atoms in total. The van der Waals surface area contributed by atoms with Gasteiger partial charge < -0.3 is 18.3 Å². The lowest BCUT2D eigenvalue weighted by Crippen LogP contribution is -2.09. The van der Waals surface area contributed by atoms with Crippen LogP contribution in [0.25, 0.3) is 11.5 Å². The molecule has 0 unspecified atom stereocenters. The normalized spacial score (nSPS) is 12.0. The average molecular weight is 342 g/mol. The minimum Gasteiger partial charge on any atom is -0.497 e. The zero-order valence-electron chi connectivity index (χ0n) is 14.4. The number of benzene rings is 1. The van der Waals surface area contributed by atoms with Gasteiger partial charge in [0.2, 0.25) is 5.89 Å². The predicted molar refractivity (Wildman–Crippen MR) is 88.3 cm³/mol. The Morgan fingerprint density at radius 3 is 2.44 bits per heavy atom. The third-order valence-electron chi connectivity index (χ3n) is 3.67. The number of nitrogens with zero attached hydrogens (tertiary/aromatic N) is 2. The molecule has 0 N–H and O–H groups in total. The molecule has 1 aromatic carbocycles. The first kappa shape index (κ1) is 16.8. The molecule has 1 atom stereocenters. The van der Waals surface area contributed by atoms with Crippen LogP contribution in [0.15, 0.2) is 39.2 Å². The van der Waals surface area contributed by atoms with Gasteiger partial charge in [0, 0.05) is 5.56 Å². The standard InChI is InChI=1S/C18H18N2O5/c1-10-9-15(11(2)23-10)18(21)24-12(3)16-19-20-17(25-16)13-5-7-14(22-4)8-6-13/h5-9,12H,1-4H3/t12-/m1/s1. The number of esters is 1. The molecule has 0 aliphatic rings. The number of carbonyl (C=O) groups excluding carboxylic acids is 1. The Hall–Kier alpha value is -3.09. The number of methoxy groups -OCH3 is 1. The van der Waals surface area contributed by atoms with Crippen molar-refractivity contribution in [1.82, 2.24) is 10.2 Å². The molecule has 0 fully saturated rings. The van der Waals surface area contributed by atoms with Gasteiger partial charge in [-0.15, -0.1) is 10.2 Å². The SMILES string of the molecule is COc1ccc(-c2nnc([C@@H](C)OC(=O)c3cc(C)oc3C)o2)cc1. The Bertz CT molecular complexity index is 879. The maximum atomic E-state index is 12.2. The van der Waals surface area contributed by atoms with Gasteiger partial charge in [0.25, 0.3) is 5.89 Å². The summed E-state index contributed by atoms with van der Waals surface area (Å²) >= 11 is 0. The molecule has 0 saturated carbocycles. The average Bonchev–Trinajstić information content (AvgIpc) is 3.21. The van der Waals surface area contributed by atoms with E-state index in [-0.39, 0.29) is 5.89 Å². The summed E-state index contributed by atoms with van der Waals surface area (Å²) in [7, 11) is 1.60. The Kier molecular flexibility index (Phi) is 4.56. The highest BCUT2D eigenvalue weighted by atomic mass is 16.6. The second kappa shape index (κ2) is 6.80. The summed E-state index contributed by atoms with van der Waals surface area (Å²) in [6.45, 7) is 5.15. The van der Waals surface area contributed by atoms with Crippen molar-refractivity contribution in [2.45, 2.75) is 26.9 Å². The van der Waals surface area contributed by atoms with E-state index in [1.54, 1.807) is 46.1 Å².